The lowest BCUT2D eigenvalue weighted by Crippen LogP contribution is -2.39. The molecular weight excluding hydrogens is 330 g/mol. The summed E-state index contributed by atoms with van der Waals surface area (Å²) in [5.74, 6) is 0.0990. The predicted octanol–water partition coefficient (Wildman–Crippen LogP) is 1.35. The number of nitrogens with zero attached hydrogens (tertiary/aromatic N) is 2. The van der Waals surface area contributed by atoms with E-state index in [1.54, 1.807) is 19.2 Å². The molecule has 2 aliphatic heterocycles. The molecule has 1 atom stereocenters. The predicted molar refractivity (Wildman–Crippen MR) is 92.5 cm³/mol. The van der Waals surface area contributed by atoms with Gasteiger partial charge in [-0.25, -0.2) is 0 Å². The van der Waals surface area contributed by atoms with Gasteiger partial charge in [-0.1, -0.05) is 23.9 Å². The minimum atomic E-state index is -0.474. The van der Waals surface area contributed by atoms with E-state index in [0.29, 0.717) is 29.8 Å². The van der Waals surface area contributed by atoms with Crippen molar-refractivity contribution in [1.82, 2.24) is 4.90 Å². The number of benzene rings is 1. The molecule has 0 radical (unpaired) electrons. The van der Waals surface area contributed by atoms with Crippen molar-refractivity contribution < 1.29 is 19.1 Å². The Balaban J connectivity index is 1.56. The summed E-state index contributed by atoms with van der Waals surface area (Å²) in [4.78, 5) is 30.4. The number of amides is 2. The average molecular weight is 349 g/mol. The molecule has 8 heteroatoms. The first-order valence-corrected chi connectivity index (χ1v) is 8.60. The van der Waals surface area contributed by atoms with Crippen molar-refractivity contribution in [3.63, 3.8) is 0 Å². The summed E-state index contributed by atoms with van der Waals surface area (Å²) < 4.78 is 10.5. The zero-order chi connectivity index (χ0) is 16.9. The highest BCUT2D eigenvalue weighted by atomic mass is 32.2. The highest BCUT2D eigenvalue weighted by molar-refractivity contribution is 8.15. The van der Waals surface area contributed by atoms with E-state index in [4.69, 9.17) is 9.47 Å². The maximum absolute atomic E-state index is 12.2. The molecule has 2 amide bonds. The highest BCUT2D eigenvalue weighted by Crippen LogP contribution is 2.29. The van der Waals surface area contributed by atoms with Gasteiger partial charge < -0.3 is 19.7 Å². The fourth-order valence-electron chi connectivity index (χ4n) is 2.52. The zero-order valence-electron chi connectivity index (χ0n) is 13.4. The minimum absolute atomic E-state index is 0.0822. The lowest BCUT2D eigenvalue weighted by Gasteiger charge is -2.27. The van der Waals surface area contributed by atoms with E-state index < -0.39 is 5.25 Å². The van der Waals surface area contributed by atoms with Gasteiger partial charge in [0.25, 0.3) is 5.91 Å². The largest absolute Gasteiger partial charge is 0.495 e. The van der Waals surface area contributed by atoms with Gasteiger partial charge in [-0.2, -0.15) is 4.99 Å². The highest BCUT2D eigenvalue weighted by Gasteiger charge is 2.33. The van der Waals surface area contributed by atoms with Crippen LogP contribution < -0.4 is 10.1 Å². The van der Waals surface area contributed by atoms with Gasteiger partial charge in [-0.15, -0.1) is 0 Å². The van der Waals surface area contributed by atoms with E-state index in [1.807, 2.05) is 17.0 Å². The first kappa shape index (κ1) is 16.8. The number of hydrogen-bond acceptors (Lipinski definition) is 6. The van der Waals surface area contributed by atoms with Crippen molar-refractivity contribution in [2.75, 3.05) is 38.7 Å². The van der Waals surface area contributed by atoms with Crippen LogP contribution in [0.3, 0.4) is 0 Å². The Morgan fingerprint density at radius 1 is 1.42 bits per heavy atom. The second-order valence-electron chi connectivity index (χ2n) is 5.39. The van der Waals surface area contributed by atoms with Crippen LogP contribution in [-0.4, -0.2) is 60.5 Å². The maximum atomic E-state index is 12.2. The molecule has 2 heterocycles. The number of aliphatic imine (C=N–C) groups is 1. The normalized spacial score (nSPS) is 20.7. The monoisotopic (exact) mass is 349 g/mol. The Labute approximate surface area is 144 Å². The number of nitrogens with one attached hydrogen (secondary N) is 1. The quantitative estimate of drug-likeness (QED) is 0.884. The molecule has 128 valence electrons. The van der Waals surface area contributed by atoms with Gasteiger partial charge >= 0.3 is 0 Å². The summed E-state index contributed by atoms with van der Waals surface area (Å²) in [5.41, 5.74) is 0.592. The Hall–Kier alpha value is -2.06. The molecule has 1 N–H and O–H groups in total. The van der Waals surface area contributed by atoms with Crippen molar-refractivity contribution in [3.8, 4) is 5.75 Å². The fraction of sp³-hybridized carbons (Fsp3) is 0.438. The molecule has 0 saturated carbocycles. The van der Waals surface area contributed by atoms with E-state index in [0.717, 1.165) is 13.1 Å². The second-order valence-corrected chi connectivity index (χ2v) is 6.56. The Morgan fingerprint density at radius 2 is 2.17 bits per heavy atom. The topological polar surface area (TPSA) is 80.2 Å². The number of hydrogen-bond donors (Lipinski definition) is 1. The Bertz CT molecular complexity index is 658. The van der Waals surface area contributed by atoms with Crippen LogP contribution in [0.25, 0.3) is 0 Å². The van der Waals surface area contributed by atoms with Crippen molar-refractivity contribution in [3.05, 3.63) is 24.3 Å². The van der Waals surface area contributed by atoms with E-state index >= 15 is 0 Å². The summed E-state index contributed by atoms with van der Waals surface area (Å²) in [6.45, 7) is 2.71. The second kappa shape index (κ2) is 7.67. The standard InChI is InChI=1S/C16H19N3O4S/c1-22-12-5-3-2-4-11(12)17-14(20)10-13-15(21)18-16(24-13)19-6-8-23-9-7-19/h2-5,13H,6-10H2,1H3,(H,17,20). The third-order valence-corrected chi connectivity index (χ3v) is 4.98. The van der Waals surface area contributed by atoms with Crippen LogP contribution in [0, 0.1) is 0 Å². The number of morpholine rings is 1. The van der Waals surface area contributed by atoms with Gasteiger partial charge in [0.05, 0.1) is 26.0 Å². The smallest absolute Gasteiger partial charge is 0.262 e. The summed E-state index contributed by atoms with van der Waals surface area (Å²) in [6, 6.07) is 7.17. The molecule has 0 aliphatic carbocycles. The maximum Gasteiger partial charge on any atom is 0.262 e. The van der Waals surface area contributed by atoms with Crippen LogP contribution in [0.15, 0.2) is 29.3 Å². The van der Waals surface area contributed by atoms with Gasteiger partial charge in [0.15, 0.2) is 5.17 Å². The number of methoxy groups -OCH3 is 1. The summed E-state index contributed by atoms with van der Waals surface area (Å²) in [7, 11) is 1.55. The minimum Gasteiger partial charge on any atom is -0.495 e. The first-order chi connectivity index (χ1) is 11.7. The van der Waals surface area contributed by atoms with Crippen molar-refractivity contribution >= 4 is 34.4 Å². The Kier molecular flexibility index (Phi) is 5.37. The molecule has 1 aromatic carbocycles. The van der Waals surface area contributed by atoms with Gasteiger partial charge in [-0.3, -0.25) is 9.59 Å². The van der Waals surface area contributed by atoms with Crippen molar-refractivity contribution in [2.24, 2.45) is 4.99 Å². The van der Waals surface area contributed by atoms with E-state index in [-0.39, 0.29) is 18.2 Å². The van der Waals surface area contributed by atoms with E-state index in [9.17, 15) is 9.59 Å². The Morgan fingerprint density at radius 3 is 2.92 bits per heavy atom. The van der Waals surface area contributed by atoms with E-state index in [1.165, 1.54) is 11.8 Å². The lowest BCUT2D eigenvalue weighted by molar-refractivity contribution is -0.121. The number of anilines is 1. The summed E-state index contributed by atoms with van der Waals surface area (Å²) in [6.07, 6.45) is 0.0822. The molecule has 24 heavy (non-hydrogen) atoms. The lowest BCUT2D eigenvalue weighted by atomic mass is 10.2. The molecule has 3 rings (SSSR count). The molecule has 7 nitrogen and oxygen atoms in total. The molecule has 1 fully saturated rings. The van der Waals surface area contributed by atoms with Gasteiger partial charge in [0, 0.05) is 19.5 Å². The number of ether oxygens (including phenoxy) is 2. The third-order valence-electron chi connectivity index (χ3n) is 3.76. The number of para-hydroxylation sites is 2. The molecule has 0 spiro atoms. The third kappa shape index (κ3) is 3.88. The van der Waals surface area contributed by atoms with Crippen LogP contribution in [0.1, 0.15) is 6.42 Å². The average Bonchev–Trinajstić information content (AvgIpc) is 2.97. The molecule has 1 saturated heterocycles. The van der Waals surface area contributed by atoms with Crippen LogP contribution >= 0.6 is 11.8 Å². The molecule has 2 aliphatic rings. The van der Waals surface area contributed by atoms with Crippen LogP contribution in [-0.2, 0) is 14.3 Å². The van der Waals surface area contributed by atoms with Crippen LogP contribution in [0.5, 0.6) is 5.75 Å². The molecule has 0 bridgehead atoms. The first-order valence-electron chi connectivity index (χ1n) is 7.72. The van der Waals surface area contributed by atoms with Gasteiger partial charge in [0.1, 0.15) is 11.0 Å². The fourth-order valence-corrected chi connectivity index (χ4v) is 3.63. The summed E-state index contributed by atoms with van der Waals surface area (Å²) in [5, 5.41) is 3.01. The summed E-state index contributed by atoms with van der Waals surface area (Å²) >= 11 is 1.35. The van der Waals surface area contributed by atoms with Crippen LogP contribution in [0.4, 0.5) is 5.69 Å². The number of thioether (sulfide) groups is 1. The number of carbonyl (C=O) groups is 2. The van der Waals surface area contributed by atoms with Gasteiger partial charge in [-0.05, 0) is 12.1 Å². The SMILES string of the molecule is COc1ccccc1NC(=O)CC1SC(N2CCOCC2)=NC1=O. The number of rotatable bonds is 4. The molecule has 1 aromatic rings. The van der Waals surface area contributed by atoms with Crippen LogP contribution in [0.2, 0.25) is 0 Å². The van der Waals surface area contributed by atoms with E-state index in [2.05, 4.69) is 10.3 Å². The number of amidine groups is 1. The van der Waals surface area contributed by atoms with Gasteiger partial charge in [0.2, 0.25) is 5.91 Å². The van der Waals surface area contributed by atoms with Crippen molar-refractivity contribution in [2.45, 2.75) is 11.7 Å². The molecule has 0 aromatic heterocycles. The van der Waals surface area contributed by atoms with Crippen molar-refractivity contribution in [1.29, 1.82) is 0 Å². The molecular formula is C16H19N3O4S. The zero-order valence-corrected chi connectivity index (χ0v) is 14.2. The number of carbonyl (C=O) groups excluding carboxylic acids is 2. The molecule has 1 unspecified atom stereocenters.